The third-order valence-corrected chi connectivity index (χ3v) is 4.64. The number of hydrogen-bond donors (Lipinski definition) is 1. The van der Waals surface area contributed by atoms with Crippen LogP contribution in [0.1, 0.15) is 24.3 Å². The van der Waals surface area contributed by atoms with Crippen LogP contribution in [0.5, 0.6) is 0 Å². The molecule has 0 aliphatic carbocycles. The van der Waals surface area contributed by atoms with Gasteiger partial charge in [-0.05, 0) is 19.4 Å². The molecule has 0 aromatic carbocycles. The number of nitrogens with one attached hydrogen (secondary N) is 1. The van der Waals surface area contributed by atoms with E-state index in [1.54, 1.807) is 6.08 Å². The number of fused-ring (bicyclic) bond motifs is 3. The largest absolute Gasteiger partial charge is 0.370 e. The molecule has 0 unspecified atom stereocenters. The first-order chi connectivity index (χ1) is 9.43. The summed E-state index contributed by atoms with van der Waals surface area (Å²) in [7, 11) is 0. The van der Waals surface area contributed by atoms with Crippen LogP contribution in [0.2, 0.25) is 0 Å². The summed E-state index contributed by atoms with van der Waals surface area (Å²) >= 11 is 1.44. The van der Waals surface area contributed by atoms with Gasteiger partial charge in [0.2, 0.25) is 0 Å². The molecular formula is C14H16N2O3S. The van der Waals surface area contributed by atoms with Crippen molar-refractivity contribution in [3.63, 3.8) is 0 Å². The van der Waals surface area contributed by atoms with Gasteiger partial charge in [-0.15, -0.1) is 17.9 Å². The number of H-pyrrole nitrogens is 1. The first-order valence-electron chi connectivity index (χ1n) is 6.45. The minimum absolute atomic E-state index is 0.217. The van der Waals surface area contributed by atoms with Crippen LogP contribution >= 0.6 is 11.3 Å². The molecule has 106 valence electrons. The molecule has 1 aliphatic heterocycles. The van der Waals surface area contributed by atoms with E-state index >= 15 is 0 Å². The highest BCUT2D eigenvalue weighted by molar-refractivity contribution is 7.18. The minimum atomic E-state index is -0.388. The molecule has 0 radical (unpaired) electrons. The van der Waals surface area contributed by atoms with E-state index < -0.39 is 0 Å². The van der Waals surface area contributed by atoms with E-state index in [1.807, 2.05) is 13.8 Å². The number of allylic oxidation sites excluding steroid dienone is 1. The number of hydrogen-bond acceptors (Lipinski definition) is 4. The second-order valence-corrected chi connectivity index (χ2v) is 6.67. The van der Waals surface area contributed by atoms with Gasteiger partial charge in [-0.2, -0.15) is 0 Å². The molecule has 6 heteroatoms. The van der Waals surface area contributed by atoms with Gasteiger partial charge in [0, 0.05) is 17.8 Å². The fraction of sp³-hybridized carbons (Fsp3) is 0.429. The first-order valence-corrected chi connectivity index (χ1v) is 7.27. The van der Waals surface area contributed by atoms with Crippen molar-refractivity contribution >= 4 is 21.6 Å². The Labute approximate surface area is 119 Å². The highest BCUT2D eigenvalue weighted by Crippen LogP contribution is 2.36. The van der Waals surface area contributed by atoms with Crippen molar-refractivity contribution in [2.75, 3.05) is 0 Å². The fourth-order valence-electron chi connectivity index (χ4n) is 2.55. The van der Waals surface area contributed by atoms with Crippen molar-refractivity contribution in [3.8, 4) is 0 Å². The summed E-state index contributed by atoms with van der Waals surface area (Å²) in [6.45, 7) is 8.31. The van der Waals surface area contributed by atoms with Crippen molar-refractivity contribution < 1.29 is 4.74 Å². The SMILES string of the molecule is C=CCn1c(=O)[nH]c2sc3c(c2c1=O)CC(C)(C)OC3. The quantitative estimate of drug-likeness (QED) is 0.858. The van der Waals surface area contributed by atoms with Crippen LogP contribution in [0, 0.1) is 0 Å². The molecular weight excluding hydrogens is 276 g/mol. The smallest absolute Gasteiger partial charge is 0.329 e. The van der Waals surface area contributed by atoms with E-state index in [-0.39, 0.29) is 23.4 Å². The second-order valence-electron chi connectivity index (χ2n) is 5.57. The summed E-state index contributed by atoms with van der Waals surface area (Å²) in [5.74, 6) is 0. The van der Waals surface area contributed by atoms with E-state index in [0.29, 0.717) is 23.2 Å². The van der Waals surface area contributed by atoms with Crippen LogP contribution in [0.25, 0.3) is 10.2 Å². The maximum absolute atomic E-state index is 12.5. The van der Waals surface area contributed by atoms with Crippen molar-refractivity contribution in [3.05, 3.63) is 43.9 Å². The Balaban J connectivity index is 2.33. The van der Waals surface area contributed by atoms with Gasteiger partial charge in [0.25, 0.3) is 5.56 Å². The third kappa shape index (κ3) is 1.96. The lowest BCUT2D eigenvalue weighted by Crippen LogP contribution is -2.36. The zero-order chi connectivity index (χ0) is 14.5. The Morgan fingerprint density at radius 1 is 1.50 bits per heavy atom. The first kappa shape index (κ1) is 13.3. The lowest BCUT2D eigenvalue weighted by Gasteiger charge is -2.29. The predicted octanol–water partition coefficient (Wildman–Crippen LogP) is 1.79. The Kier molecular flexibility index (Phi) is 2.95. The highest BCUT2D eigenvalue weighted by Gasteiger charge is 2.30. The molecule has 1 N–H and O–H groups in total. The Bertz CT molecular complexity index is 810. The second kappa shape index (κ2) is 4.43. The molecule has 0 spiro atoms. The van der Waals surface area contributed by atoms with Gasteiger partial charge in [-0.3, -0.25) is 14.3 Å². The van der Waals surface area contributed by atoms with Crippen LogP contribution < -0.4 is 11.2 Å². The fourth-order valence-corrected chi connectivity index (χ4v) is 3.67. The van der Waals surface area contributed by atoms with Gasteiger partial charge in [0.05, 0.1) is 17.6 Å². The lowest BCUT2D eigenvalue weighted by atomic mass is 9.94. The molecule has 3 heterocycles. The summed E-state index contributed by atoms with van der Waals surface area (Å²) < 4.78 is 6.95. The van der Waals surface area contributed by atoms with Crippen molar-refractivity contribution in [2.45, 2.75) is 39.0 Å². The molecule has 2 aromatic rings. The molecule has 0 saturated heterocycles. The average Bonchev–Trinajstić information content (AvgIpc) is 2.70. The number of ether oxygens (including phenoxy) is 1. The number of thiophene rings is 1. The third-order valence-electron chi connectivity index (χ3n) is 3.52. The molecule has 20 heavy (non-hydrogen) atoms. The van der Waals surface area contributed by atoms with Crippen LogP contribution in [0.4, 0.5) is 0 Å². The monoisotopic (exact) mass is 292 g/mol. The Morgan fingerprint density at radius 2 is 2.25 bits per heavy atom. The Hall–Kier alpha value is -1.66. The normalized spacial score (nSPS) is 17.1. The lowest BCUT2D eigenvalue weighted by molar-refractivity contribution is -0.0379. The van der Waals surface area contributed by atoms with E-state index in [9.17, 15) is 9.59 Å². The molecule has 2 aromatic heterocycles. The van der Waals surface area contributed by atoms with Crippen LogP contribution in [-0.2, 0) is 24.3 Å². The average molecular weight is 292 g/mol. The zero-order valence-corrected chi connectivity index (χ0v) is 12.3. The van der Waals surface area contributed by atoms with Crippen LogP contribution in [-0.4, -0.2) is 15.2 Å². The van der Waals surface area contributed by atoms with E-state index in [1.165, 1.54) is 15.9 Å². The molecule has 0 saturated carbocycles. The number of nitrogens with zero attached hydrogens (tertiary/aromatic N) is 1. The Morgan fingerprint density at radius 3 is 2.95 bits per heavy atom. The topological polar surface area (TPSA) is 64.1 Å². The molecule has 0 amide bonds. The molecule has 0 fully saturated rings. The molecule has 0 bridgehead atoms. The summed E-state index contributed by atoms with van der Waals surface area (Å²) in [6, 6.07) is 0. The number of rotatable bonds is 2. The summed E-state index contributed by atoms with van der Waals surface area (Å²) in [5, 5.41) is 0.628. The van der Waals surface area contributed by atoms with Gasteiger partial charge in [0.1, 0.15) is 4.83 Å². The van der Waals surface area contributed by atoms with E-state index in [2.05, 4.69) is 11.6 Å². The van der Waals surface area contributed by atoms with Gasteiger partial charge in [0.15, 0.2) is 0 Å². The maximum Gasteiger partial charge on any atom is 0.329 e. The van der Waals surface area contributed by atoms with Gasteiger partial charge < -0.3 is 4.74 Å². The summed E-state index contributed by atoms with van der Waals surface area (Å²) in [4.78, 5) is 28.9. The summed E-state index contributed by atoms with van der Waals surface area (Å²) in [6.07, 6.45) is 2.23. The van der Waals surface area contributed by atoms with Crippen LogP contribution in [0.3, 0.4) is 0 Å². The predicted molar refractivity (Wildman–Crippen MR) is 79.5 cm³/mol. The molecule has 5 nitrogen and oxygen atoms in total. The number of aromatic amines is 1. The van der Waals surface area contributed by atoms with Gasteiger partial charge in [-0.1, -0.05) is 6.08 Å². The van der Waals surface area contributed by atoms with Crippen molar-refractivity contribution in [2.24, 2.45) is 0 Å². The van der Waals surface area contributed by atoms with E-state index in [0.717, 1.165) is 10.4 Å². The molecule has 3 rings (SSSR count). The zero-order valence-electron chi connectivity index (χ0n) is 11.5. The minimum Gasteiger partial charge on any atom is -0.370 e. The highest BCUT2D eigenvalue weighted by atomic mass is 32.1. The maximum atomic E-state index is 12.5. The van der Waals surface area contributed by atoms with E-state index in [4.69, 9.17) is 4.74 Å². The molecule has 1 aliphatic rings. The van der Waals surface area contributed by atoms with Gasteiger partial charge in [-0.25, -0.2) is 4.79 Å². The summed E-state index contributed by atoms with van der Waals surface area (Å²) in [5.41, 5.74) is 0.104. The standard InChI is InChI=1S/C14H16N2O3S/c1-4-5-16-12(17)10-8-6-14(2,3)19-7-9(8)20-11(10)15-13(16)18/h4H,1,5-7H2,2-3H3,(H,15,18). The van der Waals surface area contributed by atoms with Gasteiger partial charge >= 0.3 is 5.69 Å². The van der Waals surface area contributed by atoms with Crippen molar-refractivity contribution in [1.82, 2.24) is 9.55 Å². The number of aromatic nitrogens is 2. The van der Waals surface area contributed by atoms with Crippen LogP contribution in [0.15, 0.2) is 22.2 Å². The van der Waals surface area contributed by atoms with Crippen molar-refractivity contribution in [1.29, 1.82) is 0 Å². The molecule has 0 atom stereocenters.